The molecule has 2 nitrogen and oxygen atoms in total. The molecule has 0 aliphatic rings. The molecule has 0 atom stereocenters. The van der Waals surface area contributed by atoms with Gasteiger partial charge in [-0.3, -0.25) is 9.78 Å². The summed E-state index contributed by atoms with van der Waals surface area (Å²) in [6.45, 7) is 0. The molecular weight excluding hydrogens is 291 g/mol. The van der Waals surface area contributed by atoms with Crippen molar-refractivity contribution in [3.05, 3.63) is 77.5 Å². The monoisotopic (exact) mass is 301 g/mol. The number of rotatable bonds is 2. The van der Waals surface area contributed by atoms with Crippen LogP contribution < -0.4 is 0 Å². The molecule has 2 aromatic carbocycles. The number of hydrogen-bond acceptors (Lipinski definition) is 2. The zero-order valence-electron chi connectivity index (χ0n) is 11.3. The van der Waals surface area contributed by atoms with E-state index >= 15 is 0 Å². The molecule has 1 heterocycles. The Balaban J connectivity index is 2.10. The van der Waals surface area contributed by atoms with E-state index in [2.05, 4.69) is 4.98 Å². The minimum Gasteiger partial charge on any atom is -0.289 e. The number of aromatic nitrogens is 1. The van der Waals surface area contributed by atoms with Gasteiger partial charge in [0.05, 0.1) is 11.1 Å². The molecule has 0 saturated carbocycles. The lowest BCUT2D eigenvalue weighted by Crippen LogP contribution is -2.13. The van der Waals surface area contributed by atoms with E-state index in [1.54, 1.807) is 30.3 Å². The third-order valence-corrected chi connectivity index (χ3v) is 3.33. The molecule has 5 heteroatoms. The molecule has 3 rings (SSSR count). The molecule has 0 radical (unpaired) electrons. The summed E-state index contributed by atoms with van der Waals surface area (Å²) in [4.78, 5) is 16.5. The van der Waals surface area contributed by atoms with Gasteiger partial charge in [0.1, 0.15) is 0 Å². The molecule has 3 aromatic rings. The van der Waals surface area contributed by atoms with Crippen LogP contribution in [0.2, 0.25) is 0 Å². The number of benzene rings is 2. The molecule has 0 amide bonds. The van der Waals surface area contributed by atoms with Crippen LogP contribution in [0.3, 0.4) is 0 Å². The van der Waals surface area contributed by atoms with Gasteiger partial charge in [-0.1, -0.05) is 36.4 Å². The van der Waals surface area contributed by atoms with Crippen molar-refractivity contribution >= 4 is 16.7 Å². The predicted molar refractivity (Wildman–Crippen MR) is 76.6 cm³/mol. The Kier molecular flexibility index (Phi) is 3.41. The van der Waals surface area contributed by atoms with Crippen molar-refractivity contribution < 1.29 is 18.0 Å². The van der Waals surface area contributed by atoms with E-state index in [1.807, 2.05) is 0 Å². The molecular formula is C17H10F3NO. The van der Waals surface area contributed by atoms with Crippen molar-refractivity contribution in [3.63, 3.8) is 0 Å². The van der Waals surface area contributed by atoms with Crippen molar-refractivity contribution in [1.82, 2.24) is 4.98 Å². The highest BCUT2D eigenvalue weighted by Crippen LogP contribution is 2.33. The molecule has 1 aromatic heterocycles. The maximum Gasteiger partial charge on any atom is 0.417 e. The Morgan fingerprint density at radius 2 is 1.64 bits per heavy atom. The predicted octanol–water partition coefficient (Wildman–Crippen LogP) is 4.48. The number of hydrogen-bond donors (Lipinski definition) is 0. The Morgan fingerprint density at radius 3 is 2.41 bits per heavy atom. The summed E-state index contributed by atoms with van der Waals surface area (Å²) in [6, 6.07) is 13.4. The maximum absolute atomic E-state index is 13.0. The summed E-state index contributed by atoms with van der Waals surface area (Å²) >= 11 is 0. The van der Waals surface area contributed by atoms with Gasteiger partial charge in [0.25, 0.3) is 0 Å². The standard InChI is InChI=1S/C17H10F3NO/c18-17(19,20)14-7-3-2-6-13(14)16(22)12-9-11-5-1-4-8-15(11)21-10-12/h1-10H. The van der Waals surface area contributed by atoms with Crippen molar-refractivity contribution in [1.29, 1.82) is 0 Å². The Labute approximate surface area is 124 Å². The number of carbonyl (C=O) groups is 1. The SMILES string of the molecule is O=C(c1cnc2ccccc2c1)c1ccccc1C(F)(F)F. The molecule has 0 fully saturated rings. The van der Waals surface area contributed by atoms with E-state index in [9.17, 15) is 18.0 Å². The van der Waals surface area contributed by atoms with Crippen LogP contribution in [0.25, 0.3) is 10.9 Å². The molecule has 0 aliphatic carbocycles. The molecule has 0 saturated heterocycles. The zero-order chi connectivity index (χ0) is 15.7. The highest BCUT2D eigenvalue weighted by atomic mass is 19.4. The lowest BCUT2D eigenvalue weighted by Gasteiger charge is -2.11. The summed E-state index contributed by atoms with van der Waals surface area (Å²) in [5.74, 6) is -0.689. The number of ketones is 1. The van der Waals surface area contributed by atoms with Gasteiger partial charge in [-0.05, 0) is 18.2 Å². The summed E-state index contributed by atoms with van der Waals surface area (Å²) in [5.41, 5.74) is -0.487. The Morgan fingerprint density at radius 1 is 0.955 bits per heavy atom. The number of fused-ring (bicyclic) bond motifs is 1. The van der Waals surface area contributed by atoms with E-state index in [4.69, 9.17) is 0 Å². The zero-order valence-corrected chi connectivity index (χ0v) is 11.3. The molecule has 0 aliphatic heterocycles. The van der Waals surface area contributed by atoms with Gasteiger partial charge in [-0.15, -0.1) is 0 Å². The minimum atomic E-state index is -4.57. The lowest BCUT2D eigenvalue weighted by atomic mass is 9.98. The fraction of sp³-hybridized carbons (Fsp3) is 0.0588. The second-order valence-corrected chi connectivity index (χ2v) is 4.79. The van der Waals surface area contributed by atoms with Gasteiger partial charge in [0, 0.05) is 22.7 Å². The van der Waals surface area contributed by atoms with E-state index in [0.717, 1.165) is 6.07 Å². The van der Waals surface area contributed by atoms with Crippen LogP contribution in [0, 0.1) is 0 Å². The first-order valence-corrected chi connectivity index (χ1v) is 6.52. The van der Waals surface area contributed by atoms with Crippen LogP contribution in [0.5, 0.6) is 0 Å². The smallest absolute Gasteiger partial charge is 0.289 e. The van der Waals surface area contributed by atoms with E-state index < -0.39 is 17.5 Å². The average Bonchev–Trinajstić information content (AvgIpc) is 2.53. The number of nitrogens with zero attached hydrogens (tertiary/aromatic N) is 1. The fourth-order valence-electron chi connectivity index (χ4n) is 2.28. The number of para-hydroxylation sites is 1. The Hall–Kier alpha value is -2.69. The average molecular weight is 301 g/mol. The van der Waals surface area contributed by atoms with Crippen LogP contribution >= 0.6 is 0 Å². The second kappa shape index (κ2) is 5.26. The van der Waals surface area contributed by atoms with Gasteiger partial charge >= 0.3 is 6.18 Å². The highest BCUT2D eigenvalue weighted by molar-refractivity contribution is 6.11. The molecule has 0 bridgehead atoms. The first-order chi connectivity index (χ1) is 10.5. The van der Waals surface area contributed by atoms with Crippen LogP contribution in [0.15, 0.2) is 60.8 Å². The molecule has 0 unspecified atom stereocenters. The quantitative estimate of drug-likeness (QED) is 0.653. The van der Waals surface area contributed by atoms with Crippen LogP contribution in [0.1, 0.15) is 21.5 Å². The topological polar surface area (TPSA) is 30.0 Å². The van der Waals surface area contributed by atoms with Gasteiger partial charge in [-0.25, -0.2) is 0 Å². The summed E-state index contributed by atoms with van der Waals surface area (Å²) in [5, 5.41) is 0.706. The third-order valence-electron chi connectivity index (χ3n) is 3.33. The summed E-state index contributed by atoms with van der Waals surface area (Å²) < 4.78 is 39.0. The lowest BCUT2D eigenvalue weighted by molar-refractivity contribution is -0.137. The van der Waals surface area contributed by atoms with Crippen LogP contribution in [-0.4, -0.2) is 10.8 Å². The summed E-state index contributed by atoms with van der Waals surface area (Å²) in [6.07, 6.45) is -3.27. The van der Waals surface area contributed by atoms with Crippen molar-refractivity contribution in [2.24, 2.45) is 0 Å². The fourth-order valence-corrected chi connectivity index (χ4v) is 2.28. The Bertz CT molecular complexity index is 856. The highest BCUT2D eigenvalue weighted by Gasteiger charge is 2.35. The molecule has 110 valence electrons. The van der Waals surface area contributed by atoms with E-state index in [0.29, 0.717) is 10.9 Å². The van der Waals surface area contributed by atoms with Crippen molar-refractivity contribution in [2.45, 2.75) is 6.18 Å². The first kappa shape index (κ1) is 14.3. The normalized spacial score (nSPS) is 11.6. The number of carbonyl (C=O) groups excluding carboxylic acids is 1. The first-order valence-electron chi connectivity index (χ1n) is 6.52. The number of halogens is 3. The maximum atomic E-state index is 13.0. The molecule has 0 N–H and O–H groups in total. The molecule has 22 heavy (non-hydrogen) atoms. The van der Waals surface area contributed by atoms with E-state index in [-0.39, 0.29) is 11.1 Å². The molecule has 0 spiro atoms. The summed E-state index contributed by atoms with van der Waals surface area (Å²) in [7, 11) is 0. The minimum absolute atomic E-state index is 0.135. The van der Waals surface area contributed by atoms with E-state index in [1.165, 1.54) is 24.4 Å². The van der Waals surface area contributed by atoms with Gasteiger partial charge in [0.2, 0.25) is 0 Å². The number of alkyl halides is 3. The number of pyridine rings is 1. The van der Waals surface area contributed by atoms with Crippen molar-refractivity contribution in [3.8, 4) is 0 Å². The largest absolute Gasteiger partial charge is 0.417 e. The van der Waals surface area contributed by atoms with Crippen LogP contribution in [-0.2, 0) is 6.18 Å². The van der Waals surface area contributed by atoms with Crippen molar-refractivity contribution in [2.75, 3.05) is 0 Å². The second-order valence-electron chi connectivity index (χ2n) is 4.79. The third kappa shape index (κ3) is 2.57. The van der Waals surface area contributed by atoms with Gasteiger partial charge < -0.3 is 0 Å². The van der Waals surface area contributed by atoms with Crippen LogP contribution in [0.4, 0.5) is 13.2 Å². The van der Waals surface area contributed by atoms with Gasteiger partial charge in [-0.2, -0.15) is 13.2 Å². The van der Waals surface area contributed by atoms with Gasteiger partial charge in [0.15, 0.2) is 5.78 Å².